The summed E-state index contributed by atoms with van der Waals surface area (Å²) in [6, 6.07) is 4.84. The van der Waals surface area contributed by atoms with Gasteiger partial charge in [-0.25, -0.2) is 8.78 Å². The minimum Gasteiger partial charge on any atom is -0.399 e. The van der Waals surface area contributed by atoms with Crippen molar-refractivity contribution in [2.75, 3.05) is 23.8 Å². The minimum atomic E-state index is -2.55. The van der Waals surface area contributed by atoms with Crippen molar-refractivity contribution in [1.29, 1.82) is 0 Å². The van der Waals surface area contributed by atoms with Gasteiger partial charge in [0.05, 0.1) is 6.61 Å². The fraction of sp³-hybridized carbons (Fsp3) is 0.538. The predicted octanol–water partition coefficient (Wildman–Crippen LogP) is 2.56. The lowest BCUT2D eigenvalue weighted by molar-refractivity contribution is 0.151. The van der Waals surface area contributed by atoms with Crippen LogP contribution in [0.5, 0.6) is 0 Å². The molecule has 100 valence electrons. The summed E-state index contributed by atoms with van der Waals surface area (Å²) in [7, 11) is 0. The highest BCUT2D eigenvalue weighted by Crippen LogP contribution is 2.36. The van der Waals surface area contributed by atoms with Gasteiger partial charge in [0.2, 0.25) is 0 Å². The van der Waals surface area contributed by atoms with Crippen molar-refractivity contribution < 1.29 is 13.9 Å². The van der Waals surface area contributed by atoms with E-state index >= 15 is 0 Å². The van der Waals surface area contributed by atoms with Gasteiger partial charge in [-0.15, -0.1) is 0 Å². The Hall–Kier alpha value is -1.36. The van der Waals surface area contributed by atoms with Gasteiger partial charge in [-0.1, -0.05) is 0 Å². The molecule has 1 aliphatic carbocycles. The van der Waals surface area contributed by atoms with Crippen LogP contribution >= 0.6 is 0 Å². The van der Waals surface area contributed by atoms with Gasteiger partial charge >= 0.3 is 0 Å². The number of hydrogen-bond acceptors (Lipinski definition) is 3. The van der Waals surface area contributed by atoms with E-state index in [0.29, 0.717) is 17.9 Å². The van der Waals surface area contributed by atoms with Gasteiger partial charge in [0.15, 0.2) is 0 Å². The lowest BCUT2D eigenvalue weighted by Gasteiger charge is -2.40. The number of nitrogen functional groups attached to an aromatic ring is 1. The third kappa shape index (κ3) is 2.56. The second-order valence-electron chi connectivity index (χ2n) is 4.62. The number of aliphatic hydroxyl groups excluding tert-OH is 1. The highest BCUT2D eigenvalue weighted by atomic mass is 19.3. The maximum absolute atomic E-state index is 13.0. The molecule has 0 radical (unpaired) electrons. The first kappa shape index (κ1) is 13.1. The molecule has 0 saturated heterocycles. The van der Waals surface area contributed by atoms with E-state index in [1.165, 1.54) is 6.07 Å². The molecule has 1 aromatic carbocycles. The van der Waals surface area contributed by atoms with Gasteiger partial charge in [0, 0.05) is 29.5 Å². The van der Waals surface area contributed by atoms with Crippen LogP contribution in [0, 0.1) is 0 Å². The van der Waals surface area contributed by atoms with E-state index in [9.17, 15) is 8.78 Å². The number of aliphatic hydroxyl groups is 1. The van der Waals surface area contributed by atoms with E-state index in [0.717, 1.165) is 19.3 Å². The third-order valence-electron chi connectivity index (χ3n) is 3.45. The first-order valence-corrected chi connectivity index (χ1v) is 6.18. The molecule has 0 spiro atoms. The van der Waals surface area contributed by atoms with E-state index in [2.05, 4.69) is 0 Å². The molecule has 3 nitrogen and oxygen atoms in total. The van der Waals surface area contributed by atoms with Gasteiger partial charge in [0.1, 0.15) is 0 Å². The lowest BCUT2D eigenvalue weighted by Crippen LogP contribution is -2.42. The van der Waals surface area contributed by atoms with Gasteiger partial charge in [0.25, 0.3) is 6.43 Å². The van der Waals surface area contributed by atoms with Crippen molar-refractivity contribution in [2.45, 2.75) is 31.7 Å². The van der Waals surface area contributed by atoms with Crippen molar-refractivity contribution >= 4 is 11.4 Å². The molecule has 0 bridgehead atoms. The zero-order chi connectivity index (χ0) is 13.1. The number of alkyl halides is 2. The number of hydrogen-bond donors (Lipinski definition) is 2. The minimum absolute atomic E-state index is 0.0381. The van der Waals surface area contributed by atoms with Crippen molar-refractivity contribution in [1.82, 2.24) is 0 Å². The zero-order valence-electron chi connectivity index (χ0n) is 10.1. The molecule has 0 amide bonds. The standard InChI is InChI=1S/C13H18F2N2O/c14-13(15)11-8-9(16)4-5-12(11)17(6-7-18)10-2-1-3-10/h4-5,8,10,13,18H,1-3,6-7,16H2. The molecule has 1 saturated carbocycles. The van der Waals surface area contributed by atoms with Crippen LogP contribution in [0.2, 0.25) is 0 Å². The fourth-order valence-corrected chi connectivity index (χ4v) is 2.32. The summed E-state index contributed by atoms with van der Waals surface area (Å²) in [6.07, 6.45) is 0.552. The molecule has 18 heavy (non-hydrogen) atoms. The number of rotatable bonds is 5. The van der Waals surface area contributed by atoms with Gasteiger partial charge in [-0.05, 0) is 37.5 Å². The maximum Gasteiger partial charge on any atom is 0.265 e. The molecule has 5 heteroatoms. The van der Waals surface area contributed by atoms with Crippen LogP contribution in [0.25, 0.3) is 0 Å². The monoisotopic (exact) mass is 256 g/mol. The molecule has 1 fully saturated rings. The molecule has 1 aromatic rings. The predicted molar refractivity (Wildman–Crippen MR) is 67.9 cm³/mol. The summed E-state index contributed by atoms with van der Waals surface area (Å²) in [5, 5.41) is 9.10. The summed E-state index contributed by atoms with van der Waals surface area (Å²) in [5.41, 5.74) is 6.35. The first-order chi connectivity index (χ1) is 8.63. The number of nitrogens with two attached hydrogens (primary N) is 1. The summed E-state index contributed by atoms with van der Waals surface area (Å²) in [6.45, 7) is 0.345. The number of anilines is 2. The van der Waals surface area contributed by atoms with E-state index in [4.69, 9.17) is 10.8 Å². The highest BCUT2D eigenvalue weighted by Gasteiger charge is 2.28. The van der Waals surface area contributed by atoms with Crippen molar-refractivity contribution in [2.24, 2.45) is 0 Å². The average molecular weight is 256 g/mol. The lowest BCUT2D eigenvalue weighted by atomic mass is 9.90. The molecule has 0 atom stereocenters. The Morgan fingerprint density at radius 1 is 1.39 bits per heavy atom. The van der Waals surface area contributed by atoms with E-state index < -0.39 is 6.43 Å². The molecular formula is C13H18F2N2O. The molecular weight excluding hydrogens is 238 g/mol. The summed E-state index contributed by atoms with van der Waals surface area (Å²) >= 11 is 0. The normalized spacial score (nSPS) is 15.8. The van der Waals surface area contributed by atoms with Crippen LogP contribution in [0.15, 0.2) is 18.2 Å². The van der Waals surface area contributed by atoms with Crippen LogP contribution in [-0.2, 0) is 0 Å². The summed E-state index contributed by atoms with van der Waals surface area (Å²) < 4.78 is 26.1. The van der Waals surface area contributed by atoms with Gasteiger partial charge in [-0.2, -0.15) is 0 Å². The van der Waals surface area contributed by atoms with Crippen LogP contribution in [0.3, 0.4) is 0 Å². The Morgan fingerprint density at radius 3 is 2.61 bits per heavy atom. The summed E-state index contributed by atoms with van der Waals surface area (Å²) in [5.74, 6) is 0. The highest BCUT2D eigenvalue weighted by molar-refractivity contribution is 5.61. The summed E-state index contributed by atoms with van der Waals surface area (Å²) in [4.78, 5) is 1.88. The molecule has 0 heterocycles. The second kappa shape index (κ2) is 5.52. The Labute approximate surface area is 105 Å². The molecule has 0 aromatic heterocycles. The van der Waals surface area contributed by atoms with E-state index in [-0.39, 0.29) is 18.2 Å². The Bertz CT molecular complexity index is 408. The third-order valence-corrected chi connectivity index (χ3v) is 3.45. The number of halogens is 2. The van der Waals surface area contributed by atoms with Gasteiger partial charge < -0.3 is 15.7 Å². The van der Waals surface area contributed by atoms with Crippen LogP contribution < -0.4 is 10.6 Å². The Kier molecular flexibility index (Phi) is 4.01. The fourth-order valence-electron chi connectivity index (χ4n) is 2.32. The molecule has 1 aliphatic rings. The number of benzene rings is 1. The molecule has 3 N–H and O–H groups in total. The topological polar surface area (TPSA) is 49.5 Å². The average Bonchev–Trinajstić information content (AvgIpc) is 2.26. The Balaban J connectivity index is 2.33. The smallest absolute Gasteiger partial charge is 0.265 e. The second-order valence-corrected chi connectivity index (χ2v) is 4.62. The zero-order valence-corrected chi connectivity index (χ0v) is 10.1. The van der Waals surface area contributed by atoms with Crippen molar-refractivity contribution in [3.8, 4) is 0 Å². The quantitative estimate of drug-likeness (QED) is 0.796. The van der Waals surface area contributed by atoms with Crippen LogP contribution in [-0.4, -0.2) is 24.3 Å². The van der Waals surface area contributed by atoms with Crippen molar-refractivity contribution in [3.63, 3.8) is 0 Å². The molecule has 0 aliphatic heterocycles. The van der Waals surface area contributed by atoms with Crippen LogP contribution in [0.1, 0.15) is 31.3 Å². The van der Waals surface area contributed by atoms with Crippen molar-refractivity contribution in [3.05, 3.63) is 23.8 Å². The number of nitrogens with zero attached hydrogens (tertiary/aromatic N) is 1. The van der Waals surface area contributed by atoms with Gasteiger partial charge in [-0.3, -0.25) is 0 Å². The first-order valence-electron chi connectivity index (χ1n) is 6.18. The van der Waals surface area contributed by atoms with Crippen LogP contribution in [0.4, 0.5) is 20.2 Å². The Morgan fingerprint density at radius 2 is 2.11 bits per heavy atom. The van der Waals surface area contributed by atoms with E-state index in [1.807, 2.05) is 4.90 Å². The SMILES string of the molecule is Nc1ccc(N(CCO)C2CCC2)c(C(F)F)c1. The molecule has 2 rings (SSSR count). The molecule has 0 unspecified atom stereocenters. The largest absolute Gasteiger partial charge is 0.399 e. The maximum atomic E-state index is 13.0. The van der Waals surface area contributed by atoms with E-state index in [1.54, 1.807) is 12.1 Å².